The van der Waals surface area contributed by atoms with Gasteiger partial charge in [0.2, 0.25) is 0 Å². The van der Waals surface area contributed by atoms with Gasteiger partial charge in [-0.1, -0.05) is 42.5 Å². The van der Waals surface area contributed by atoms with Gasteiger partial charge in [-0.25, -0.2) is 12.8 Å². The maximum Gasteiger partial charge on any atom is 0.264 e. The fourth-order valence-corrected chi connectivity index (χ4v) is 4.24. The first kappa shape index (κ1) is 18.9. The summed E-state index contributed by atoms with van der Waals surface area (Å²) in [5, 5.41) is 0. The van der Waals surface area contributed by atoms with Crippen molar-refractivity contribution in [3.8, 4) is 5.75 Å². The van der Waals surface area contributed by atoms with Gasteiger partial charge in [0.05, 0.1) is 17.1 Å². The van der Waals surface area contributed by atoms with E-state index >= 15 is 0 Å². The summed E-state index contributed by atoms with van der Waals surface area (Å²) in [7, 11) is -3.78. The fraction of sp³-hybridized carbons (Fsp3) is 0.143. The Bertz CT molecular complexity index is 1010. The average Bonchev–Trinajstić information content (AvgIpc) is 2.67. The molecule has 0 aliphatic rings. The van der Waals surface area contributed by atoms with E-state index in [0.717, 1.165) is 5.56 Å². The minimum atomic E-state index is -3.78. The highest BCUT2D eigenvalue weighted by Crippen LogP contribution is 2.24. The zero-order valence-electron chi connectivity index (χ0n) is 14.9. The quantitative estimate of drug-likeness (QED) is 0.605. The van der Waals surface area contributed by atoms with Crippen LogP contribution in [0.1, 0.15) is 5.56 Å². The molecule has 140 valence electrons. The second-order valence-electron chi connectivity index (χ2n) is 6.01. The first-order valence-electron chi connectivity index (χ1n) is 8.50. The molecule has 27 heavy (non-hydrogen) atoms. The van der Waals surface area contributed by atoms with Crippen LogP contribution >= 0.6 is 0 Å². The van der Waals surface area contributed by atoms with E-state index in [1.54, 1.807) is 54.6 Å². The maximum atomic E-state index is 13.7. The van der Waals surface area contributed by atoms with Gasteiger partial charge in [-0.2, -0.15) is 0 Å². The highest BCUT2D eigenvalue weighted by molar-refractivity contribution is 7.92. The van der Waals surface area contributed by atoms with Crippen molar-refractivity contribution >= 4 is 15.7 Å². The largest absolute Gasteiger partial charge is 0.489 e. The predicted molar refractivity (Wildman–Crippen MR) is 104 cm³/mol. The van der Waals surface area contributed by atoms with Crippen LogP contribution < -0.4 is 9.04 Å². The molecule has 0 radical (unpaired) electrons. The van der Waals surface area contributed by atoms with E-state index in [9.17, 15) is 12.8 Å². The van der Waals surface area contributed by atoms with Crippen molar-refractivity contribution in [1.82, 2.24) is 0 Å². The number of anilines is 1. The molecule has 4 nitrogen and oxygen atoms in total. The zero-order valence-corrected chi connectivity index (χ0v) is 15.7. The molecule has 0 saturated heterocycles. The van der Waals surface area contributed by atoms with Crippen LogP contribution in [0.3, 0.4) is 0 Å². The monoisotopic (exact) mass is 385 g/mol. The molecule has 0 unspecified atom stereocenters. The van der Waals surface area contributed by atoms with Gasteiger partial charge in [0.1, 0.15) is 6.61 Å². The average molecular weight is 385 g/mol. The lowest BCUT2D eigenvalue weighted by atomic mass is 10.2. The van der Waals surface area contributed by atoms with E-state index in [-0.39, 0.29) is 23.8 Å². The molecule has 0 N–H and O–H groups in total. The van der Waals surface area contributed by atoms with E-state index < -0.39 is 15.8 Å². The lowest BCUT2D eigenvalue weighted by Gasteiger charge is -2.24. The summed E-state index contributed by atoms with van der Waals surface area (Å²) in [6.45, 7) is 1.91. The molecular formula is C21H20FNO3S. The summed E-state index contributed by atoms with van der Waals surface area (Å²) < 4.78 is 46.8. The third-order valence-electron chi connectivity index (χ3n) is 4.01. The third-order valence-corrected chi connectivity index (χ3v) is 5.83. The Balaban J connectivity index is 1.87. The second-order valence-corrected chi connectivity index (χ2v) is 7.87. The number of hydrogen-bond acceptors (Lipinski definition) is 3. The summed E-state index contributed by atoms with van der Waals surface area (Å²) in [6, 6.07) is 21.6. The van der Waals surface area contributed by atoms with Gasteiger partial charge in [0.15, 0.2) is 11.6 Å². The zero-order chi connectivity index (χ0) is 19.3. The summed E-state index contributed by atoms with van der Waals surface area (Å²) in [6.07, 6.45) is 0. The molecular weight excluding hydrogens is 365 g/mol. The van der Waals surface area contributed by atoms with Gasteiger partial charge >= 0.3 is 0 Å². The van der Waals surface area contributed by atoms with E-state index in [1.165, 1.54) is 16.4 Å². The van der Waals surface area contributed by atoms with E-state index in [1.807, 2.05) is 19.1 Å². The van der Waals surface area contributed by atoms with Crippen LogP contribution in [0.5, 0.6) is 5.75 Å². The van der Waals surface area contributed by atoms with Crippen molar-refractivity contribution in [3.05, 3.63) is 90.2 Å². The highest BCUT2D eigenvalue weighted by atomic mass is 32.2. The van der Waals surface area contributed by atoms with Crippen molar-refractivity contribution in [2.45, 2.75) is 11.8 Å². The Morgan fingerprint density at radius 3 is 2.33 bits per heavy atom. The fourth-order valence-electron chi connectivity index (χ4n) is 2.69. The summed E-state index contributed by atoms with van der Waals surface area (Å²) in [4.78, 5) is 0.206. The minimum absolute atomic E-state index is 0.0148. The third kappa shape index (κ3) is 4.46. The summed E-state index contributed by atoms with van der Waals surface area (Å²) in [5.74, 6) is -0.385. The molecule has 3 rings (SSSR count). The number of rotatable bonds is 7. The molecule has 0 fully saturated rings. The topological polar surface area (TPSA) is 46.6 Å². The van der Waals surface area contributed by atoms with Crippen LogP contribution in [0.4, 0.5) is 10.1 Å². The van der Waals surface area contributed by atoms with Crippen molar-refractivity contribution in [2.24, 2.45) is 0 Å². The van der Waals surface area contributed by atoms with Crippen molar-refractivity contribution in [2.75, 3.05) is 17.5 Å². The van der Waals surface area contributed by atoms with Crippen LogP contribution in [0, 0.1) is 12.7 Å². The molecule has 0 aliphatic heterocycles. The molecule has 3 aromatic rings. The summed E-state index contributed by atoms with van der Waals surface area (Å²) >= 11 is 0. The van der Waals surface area contributed by atoms with Crippen LogP contribution in [-0.4, -0.2) is 21.6 Å². The Kier molecular flexibility index (Phi) is 5.76. The molecule has 0 spiro atoms. The Hall–Kier alpha value is -2.86. The normalized spacial score (nSPS) is 11.2. The van der Waals surface area contributed by atoms with E-state index in [2.05, 4.69) is 0 Å². The number of halogens is 1. The lowest BCUT2D eigenvalue weighted by molar-refractivity contribution is 0.311. The molecule has 0 amide bonds. The number of para-hydroxylation sites is 2. The Labute approximate surface area is 158 Å². The van der Waals surface area contributed by atoms with E-state index in [0.29, 0.717) is 5.69 Å². The van der Waals surface area contributed by atoms with Gasteiger partial charge < -0.3 is 4.74 Å². The van der Waals surface area contributed by atoms with Crippen LogP contribution in [-0.2, 0) is 10.0 Å². The molecule has 0 atom stereocenters. The first-order valence-corrected chi connectivity index (χ1v) is 9.94. The van der Waals surface area contributed by atoms with Crippen LogP contribution in [0.25, 0.3) is 0 Å². The first-order chi connectivity index (χ1) is 13.0. The molecule has 6 heteroatoms. The van der Waals surface area contributed by atoms with Crippen molar-refractivity contribution in [3.63, 3.8) is 0 Å². The predicted octanol–water partition coefficient (Wildman–Crippen LogP) is 4.41. The Morgan fingerprint density at radius 1 is 0.926 bits per heavy atom. The smallest absolute Gasteiger partial charge is 0.264 e. The summed E-state index contributed by atoms with van der Waals surface area (Å²) in [5.41, 5.74) is 1.38. The number of ether oxygens (including phenoxy) is 1. The minimum Gasteiger partial charge on any atom is -0.489 e. The number of benzene rings is 3. The molecule has 0 saturated carbocycles. The van der Waals surface area contributed by atoms with Crippen LogP contribution in [0.15, 0.2) is 83.8 Å². The highest BCUT2D eigenvalue weighted by Gasteiger charge is 2.25. The number of nitrogens with zero attached hydrogens (tertiary/aromatic N) is 1. The van der Waals surface area contributed by atoms with Gasteiger partial charge in [-0.3, -0.25) is 4.31 Å². The van der Waals surface area contributed by atoms with E-state index in [4.69, 9.17) is 4.74 Å². The molecule has 0 heterocycles. The maximum absolute atomic E-state index is 13.7. The standard InChI is InChI=1S/C21H20FNO3S/c1-17-8-7-11-19(16-17)27(24,25)23(18-9-3-2-4-10-18)14-15-26-21-13-6-5-12-20(21)22/h2-13,16H,14-15H2,1H3. The van der Waals surface area contributed by atoms with Crippen molar-refractivity contribution < 1.29 is 17.5 Å². The second kappa shape index (κ2) is 8.22. The van der Waals surface area contributed by atoms with Gasteiger partial charge in [-0.15, -0.1) is 0 Å². The number of aryl methyl sites for hydroxylation is 1. The van der Waals surface area contributed by atoms with Gasteiger partial charge in [0, 0.05) is 0 Å². The number of sulfonamides is 1. The van der Waals surface area contributed by atoms with Gasteiger partial charge in [-0.05, 0) is 48.9 Å². The molecule has 0 aromatic heterocycles. The SMILES string of the molecule is Cc1cccc(S(=O)(=O)N(CCOc2ccccc2F)c2ccccc2)c1. The number of hydrogen-bond donors (Lipinski definition) is 0. The van der Waals surface area contributed by atoms with Gasteiger partial charge in [0.25, 0.3) is 10.0 Å². The van der Waals surface area contributed by atoms with Crippen molar-refractivity contribution in [1.29, 1.82) is 0 Å². The van der Waals surface area contributed by atoms with Crippen LogP contribution in [0.2, 0.25) is 0 Å². The Morgan fingerprint density at radius 2 is 1.63 bits per heavy atom. The molecule has 0 aliphatic carbocycles. The lowest BCUT2D eigenvalue weighted by Crippen LogP contribution is -2.34. The molecule has 3 aromatic carbocycles. The molecule has 0 bridgehead atoms.